The van der Waals surface area contributed by atoms with Gasteiger partial charge in [-0.15, -0.1) is 0 Å². The number of hydrogen-bond donors (Lipinski definition) is 1. The quantitative estimate of drug-likeness (QED) is 0.782. The molecule has 1 aliphatic carbocycles. The molecule has 2 aromatic rings. The predicted molar refractivity (Wildman–Crippen MR) is 97.1 cm³/mol. The minimum atomic E-state index is 0.593. The van der Waals surface area contributed by atoms with Gasteiger partial charge in [0, 0.05) is 11.7 Å². The lowest BCUT2D eigenvalue weighted by atomic mass is 9.82. The maximum Gasteiger partial charge on any atom is 0.119 e. The molecule has 0 bridgehead atoms. The highest BCUT2D eigenvalue weighted by Crippen LogP contribution is 2.29. The van der Waals surface area contributed by atoms with Crippen LogP contribution in [0.5, 0.6) is 5.75 Å². The minimum Gasteiger partial charge on any atom is -0.494 e. The van der Waals surface area contributed by atoms with Crippen LogP contribution < -0.4 is 10.1 Å². The van der Waals surface area contributed by atoms with Gasteiger partial charge < -0.3 is 10.1 Å². The van der Waals surface area contributed by atoms with Gasteiger partial charge >= 0.3 is 0 Å². The smallest absolute Gasteiger partial charge is 0.119 e. The zero-order valence-electron chi connectivity index (χ0n) is 14.0. The lowest BCUT2D eigenvalue weighted by Gasteiger charge is -2.30. The molecule has 3 rings (SSSR count). The summed E-state index contributed by atoms with van der Waals surface area (Å²) in [5, 5.41) is 3.71. The minimum absolute atomic E-state index is 0.593. The van der Waals surface area contributed by atoms with Gasteiger partial charge in [0.15, 0.2) is 0 Å². The van der Waals surface area contributed by atoms with Crippen molar-refractivity contribution in [1.82, 2.24) is 0 Å². The number of rotatable bonds is 6. The number of ether oxygens (including phenoxy) is 1. The van der Waals surface area contributed by atoms with E-state index in [-0.39, 0.29) is 0 Å². The molecule has 0 aliphatic heterocycles. The first-order valence-corrected chi connectivity index (χ1v) is 8.87. The summed E-state index contributed by atoms with van der Waals surface area (Å²) in [6.45, 7) is 2.73. The van der Waals surface area contributed by atoms with Gasteiger partial charge in [-0.3, -0.25) is 0 Å². The molecular weight excluding hydrogens is 282 g/mol. The van der Waals surface area contributed by atoms with Gasteiger partial charge in [-0.2, -0.15) is 0 Å². The fourth-order valence-electron chi connectivity index (χ4n) is 3.60. The maximum absolute atomic E-state index is 5.51. The van der Waals surface area contributed by atoms with E-state index in [4.69, 9.17) is 4.74 Å². The zero-order chi connectivity index (χ0) is 15.9. The second-order valence-corrected chi connectivity index (χ2v) is 6.52. The summed E-state index contributed by atoms with van der Waals surface area (Å²) in [5.41, 5.74) is 2.68. The van der Waals surface area contributed by atoms with Crippen LogP contribution >= 0.6 is 0 Å². The van der Waals surface area contributed by atoms with Crippen molar-refractivity contribution in [3.8, 4) is 5.75 Å². The molecule has 0 spiro atoms. The van der Waals surface area contributed by atoms with E-state index < -0.39 is 0 Å². The Labute approximate surface area is 139 Å². The number of anilines is 1. The van der Waals surface area contributed by atoms with E-state index in [1.807, 2.05) is 6.92 Å². The second-order valence-electron chi connectivity index (χ2n) is 6.52. The van der Waals surface area contributed by atoms with Crippen molar-refractivity contribution < 1.29 is 4.74 Å². The van der Waals surface area contributed by atoms with Crippen LogP contribution in [0.25, 0.3) is 0 Å². The molecule has 2 atom stereocenters. The molecule has 1 saturated carbocycles. The van der Waals surface area contributed by atoms with Gasteiger partial charge in [0.2, 0.25) is 0 Å². The SMILES string of the molecule is CCOc1ccc(N[C@@H]2CCC[C@H](Cc3ccccc3)C2)cc1. The molecule has 0 heterocycles. The predicted octanol–water partition coefficient (Wildman–Crippen LogP) is 5.30. The number of benzene rings is 2. The number of hydrogen-bond acceptors (Lipinski definition) is 2. The molecule has 0 saturated heterocycles. The Morgan fingerprint density at radius 2 is 1.78 bits per heavy atom. The first-order valence-electron chi connectivity index (χ1n) is 8.87. The molecule has 122 valence electrons. The van der Waals surface area contributed by atoms with E-state index in [1.165, 1.54) is 43.4 Å². The van der Waals surface area contributed by atoms with Gasteiger partial charge in [-0.25, -0.2) is 0 Å². The summed E-state index contributed by atoms with van der Waals surface area (Å²) in [6.07, 6.45) is 6.44. The van der Waals surface area contributed by atoms with E-state index in [9.17, 15) is 0 Å². The molecule has 1 fully saturated rings. The number of nitrogens with one attached hydrogen (secondary N) is 1. The van der Waals surface area contributed by atoms with E-state index in [0.717, 1.165) is 18.3 Å². The van der Waals surface area contributed by atoms with Crippen molar-refractivity contribution in [3.63, 3.8) is 0 Å². The zero-order valence-corrected chi connectivity index (χ0v) is 14.0. The molecule has 0 unspecified atom stereocenters. The topological polar surface area (TPSA) is 21.3 Å². The van der Waals surface area contributed by atoms with Gasteiger partial charge in [-0.05, 0) is 68.4 Å². The van der Waals surface area contributed by atoms with E-state index >= 15 is 0 Å². The Balaban J connectivity index is 1.54. The average Bonchev–Trinajstić information content (AvgIpc) is 2.58. The van der Waals surface area contributed by atoms with Crippen LogP contribution in [0.4, 0.5) is 5.69 Å². The largest absolute Gasteiger partial charge is 0.494 e. The third-order valence-electron chi connectivity index (χ3n) is 4.69. The molecule has 1 N–H and O–H groups in total. The summed E-state index contributed by atoms with van der Waals surface area (Å²) >= 11 is 0. The molecular formula is C21H27NO. The van der Waals surface area contributed by atoms with Crippen molar-refractivity contribution in [3.05, 3.63) is 60.2 Å². The Kier molecular flexibility index (Phi) is 5.57. The molecule has 2 aromatic carbocycles. The highest BCUT2D eigenvalue weighted by Gasteiger charge is 2.22. The summed E-state index contributed by atoms with van der Waals surface area (Å²) < 4.78 is 5.51. The fraction of sp³-hybridized carbons (Fsp3) is 0.429. The standard InChI is InChI=1S/C21H27NO/c1-2-23-21-13-11-19(12-14-21)22-20-10-6-9-18(16-20)15-17-7-4-3-5-8-17/h3-5,7-8,11-14,18,20,22H,2,6,9-10,15-16H2,1H3/t18-,20-/m1/s1. The highest BCUT2D eigenvalue weighted by molar-refractivity contribution is 5.47. The maximum atomic E-state index is 5.51. The summed E-state index contributed by atoms with van der Waals surface area (Å²) in [6, 6.07) is 19.9. The molecule has 2 heteroatoms. The van der Waals surface area contributed by atoms with Gasteiger partial charge in [0.25, 0.3) is 0 Å². The Bertz CT molecular complexity index is 579. The lowest BCUT2D eigenvalue weighted by Crippen LogP contribution is -2.28. The van der Waals surface area contributed by atoms with Crippen LogP contribution in [-0.4, -0.2) is 12.6 Å². The Morgan fingerprint density at radius 3 is 2.52 bits per heavy atom. The van der Waals surface area contributed by atoms with Crippen molar-refractivity contribution >= 4 is 5.69 Å². The van der Waals surface area contributed by atoms with Crippen molar-refractivity contribution in [2.24, 2.45) is 5.92 Å². The van der Waals surface area contributed by atoms with Crippen LogP contribution in [0.1, 0.15) is 38.2 Å². The van der Waals surface area contributed by atoms with Crippen LogP contribution in [0.15, 0.2) is 54.6 Å². The second kappa shape index (κ2) is 8.05. The van der Waals surface area contributed by atoms with E-state index in [0.29, 0.717) is 6.04 Å². The van der Waals surface area contributed by atoms with Gasteiger partial charge in [0.1, 0.15) is 5.75 Å². The molecule has 1 aliphatic rings. The third kappa shape index (κ3) is 4.75. The van der Waals surface area contributed by atoms with Crippen molar-refractivity contribution in [1.29, 1.82) is 0 Å². The van der Waals surface area contributed by atoms with Gasteiger partial charge in [-0.1, -0.05) is 36.8 Å². The first-order chi connectivity index (χ1) is 11.3. The van der Waals surface area contributed by atoms with Crippen LogP contribution in [-0.2, 0) is 6.42 Å². The fourth-order valence-corrected chi connectivity index (χ4v) is 3.60. The average molecular weight is 309 g/mol. The molecule has 0 aromatic heterocycles. The van der Waals surface area contributed by atoms with E-state index in [1.54, 1.807) is 0 Å². The van der Waals surface area contributed by atoms with E-state index in [2.05, 4.69) is 59.9 Å². The van der Waals surface area contributed by atoms with Crippen molar-refractivity contribution in [2.45, 2.75) is 45.1 Å². The highest BCUT2D eigenvalue weighted by atomic mass is 16.5. The molecule has 23 heavy (non-hydrogen) atoms. The molecule has 0 amide bonds. The molecule has 0 radical (unpaired) electrons. The van der Waals surface area contributed by atoms with Crippen LogP contribution in [0.2, 0.25) is 0 Å². The summed E-state index contributed by atoms with van der Waals surface area (Å²) in [7, 11) is 0. The first kappa shape index (κ1) is 15.9. The third-order valence-corrected chi connectivity index (χ3v) is 4.69. The lowest BCUT2D eigenvalue weighted by molar-refractivity contribution is 0.333. The van der Waals surface area contributed by atoms with Gasteiger partial charge in [0.05, 0.1) is 6.61 Å². The Morgan fingerprint density at radius 1 is 1.00 bits per heavy atom. The van der Waals surface area contributed by atoms with Crippen LogP contribution in [0, 0.1) is 5.92 Å². The summed E-state index contributed by atoms with van der Waals surface area (Å²) in [5.74, 6) is 1.75. The monoisotopic (exact) mass is 309 g/mol. The Hall–Kier alpha value is -1.96. The molecule has 2 nitrogen and oxygen atoms in total. The van der Waals surface area contributed by atoms with Crippen molar-refractivity contribution in [2.75, 3.05) is 11.9 Å². The normalized spacial score (nSPS) is 20.9. The van der Waals surface area contributed by atoms with Crippen LogP contribution in [0.3, 0.4) is 0 Å². The summed E-state index contributed by atoms with van der Waals surface area (Å²) in [4.78, 5) is 0.